The van der Waals surface area contributed by atoms with E-state index in [1.165, 1.54) is 0 Å². The molecule has 1 amide bonds. The molecule has 3 nitrogen and oxygen atoms in total. The normalized spacial score (nSPS) is 29.0. The van der Waals surface area contributed by atoms with Crippen LogP contribution in [0, 0.1) is 0 Å². The topological polar surface area (TPSA) is 32.3 Å². The van der Waals surface area contributed by atoms with Gasteiger partial charge in [-0.3, -0.25) is 4.79 Å². The van der Waals surface area contributed by atoms with E-state index >= 15 is 0 Å². The lowest BCUT2D eigenvalue weighted by atomic mass is 10.1. The molecule has 0 bridgehead atoms. The highest BCUT2D eigenvalue weighted by Crippen LogP contribution is 2.09. The first-order valence-corrected chi connectivity index (χ1v) is 5.18. The molecular weight excluding hydrogens is 164 g/mol. The van der Waals surface area contributed by atoms with Gasteiger partial charge in [0.05, 0.1) is 0 Å². The molecule has 0 aromatic carbocycles. The third kappa shape index (κ3) is 2.69. The number of nitrogens with one attached hydrogen (secondary N) is 1. The molecule has 0 radical (unpaired) electrons. The van der Waals surface area contributed by atoms with Crippen LogP contribution in [0.5, 0.6) is 0 Å². The molecule has 0 spiro atoms. The van der Waals surface area contributed by atoms with Gasteiger partial charge in [0.2, 0.25) is 5.91 Å². The maximum atomic E-state index is 11.7. The molecule has 0 unspecified atom stereocenters. The van der Waals surface area contributed by atoms with Crippen LogP contribution in [-0.2, 0) is 4.79 Å². The van der Waals surface area contributed by atoms with E-state index < -0.39 is 0 Å². The van der Waals surface area contributed by atoms with Gasteiger partial charge in [-0.1, -0.05) is 6.92 Å². The third-order valence-electron chi connectivity index (χ3n) is 2.55. The average Bonchev–Trinajstić information content (AvgIpc) is 2.09. The van der Waals surface area contributed by atoms with E-state index in [1.807, 2.05) is 11.8 Å². The molecule has 1 fully saturated rings. The van der Waals surface area contributed by atoms with Crippen LogP contribution < -0.4 is 5.32 Å². The predicted octanol–water partition coefficient (Wildman–Crippen LogP) is 0.995. The van der Waals surface area contributed by atoms with Crippen molar-refractivity contribution in [1.29, 1.82) is 0 Å². The lowest BCUT2D eigenvalue weighted by molar-refractivity contribution is -0.134. The Balaban J connectivity index is 2.50. The van der Waals surface area contributed by atoms with Crippen molar-refractivity contribution in [2.45, 2.75) is 45.7 Å². The Morgan fingerprint density at radius 1 is 1.54 bits per heavy atom. The van der Waals surface area contributed by atoms with Gasteiger partial charge in [0.1, 0.15) is 0 Å². The molecule has 2 atom stereocenters. The highest BCUT2D eigenvalue weighted by molar-refractivity contribution is 5.76. The minimum Gasteiger partial charge on any atom is -0.337 e. The van der Waals surface area contributed by atoms with Gasteiger partial charge in [-0.05, 0) is 20.3 Å². The number of carbonyl (C=O) groups is 1. The first kappa shape index (κ1) is 10.5. The summed E-state index contributed by atoms with van der Waals surface area (Å²) in [7, 11) is 0. The summed E-state index contributed by atoms with van der Waals surface area (Å²) in [6.07, 6.45) is 1.64. The van der Waals surface area contributed by atoms with Crippen LogP contribution >= 0.6 is 0 Å². The smallest absolute Gasteiger partial charge is 0.222 e. The van der Waals surface area contributed by atoms with Crippen LogP contribution in [-0.4, -0.2) is 36.0 Å². The lowest BCUT2D eigenvalue weighted by Gasteiger charge is -2.37. The number of nitrogens with zero attached hydrogens (tertiary/aromatic N) is 1. The van der Waals surface area contributed by atoms with Gasteiger partial charge in [-0.15, -0.1) is 0 Å². The number of rotatable bonds is 2. The monoisotopic (exact) mass is 184 g/mol. The summed E-state index contributed by atoms with van der Waals surface area (Å²) in [5.74, 6) is 0.309. The van der Waals surface area contributed by atoms with Gasteiger partial charge >= 0.3 is 0 Å². The highest BCUT2D eigenvalue weighted by Gasteiger charge is 2.25. The molecule has 1 N–H and O–H groups in total. The van der Waals surface area contributed by atoms with Crippen LogP contribution in [0.15, 0.2) is 0 Å². The first-order valence-electron chi connectivity index (χ1n) is 5.18. The lowest BCUT2D eigenvalue weighted by Crippen LogP contribution is -2.56. The average molecular weight is 184 g/mol. The Bertz CT molecular complexity index is 182. The SMILES string of the molecule is CCCC(=O)N1C[C@H](C)NC[C@@H]1C. The zero-order chi connectivity index (χ0) is 9.84. The van der Waals surface area contributed by atoms with Gasteiger partial charge in [-0.25, -0.2) is 0 Å². The van der Waals surface area contributed by atoms with Crippen molar-refractivity contribution in [3.8, 4) is 0 Å². The van der Waals surface area contributed by atoms with Crippen LogP contribution in [0.1, 0.15) is 33.6 Å². The second-order valence-corrected chi connectivity index (χ2v) is 3.95. The quantitative estimate of drug-likeness (QED) is 0.694. The molecule has 0 aromatic rings. The van der Waals surface area contributed by atoms with E-state index in [1.54, 1.807) is 0 Å². The Hall–Kier alpha value is -0.570. The predicted molar refractivity (Wildman–Crippen MR) is 53.5 cm³/mol. The fourth-order valence-corrected chi connectivity index (χ4v) is 1.73. The molecule has 13 heavy (non-hydrogen) atoms. The van der Waals surface area contributed by atoms with Crippen LogP contribution in [0.4, 0.5) is 0 Å². The molecule has 1 rings (SSSR count). The van der Waals surface area contributed by atoms with E-state index in [4.69, 9.17) is 0 Å². The summed E-state index contributed by atoms with van der Waals surface area (Å²) >= 11 is 0. The molecule has 1 saturated heterocycles. The van der Waals surface area contributed by atoms with Crippen molar-refractivity contribution in [3.63, 3.8) is 0 Å². The van der Waals surface area contributed by atoms with Crippen LogP contribution in [0.3, 0.4) is 0 Å². The molecule has 1 heterocycles. The van der Waals surface area contributed by atoms with E-state index in [2.05, 4.69) is 19.2 Å². The fourth-order valence-electron chi connectivity index (χ4n) is 1.73. The molecule has 76 valence electrons. The molecular formula is C10H20N2O. The second-order valence-electron chi connectivity index (χ2n) is 3.95. The summed E-state index contributed by atoms with van der Waals surface area (Å²) in [5.41, 5.74) is 0. The Kier molecular flexibility index (Phi) is 3.72. The van der Waals surface area contributed by atoms with Crippen LogP contribution in [0.25, 0.3) is 0 Å². The zero-order valence-corrected chi connectivity index (χ0v) is 8.84. The van der Waals surface area contributed by atoms with Gasteiger partial charge in [0.25, 0.3) is 0 Å². The molecule has 0 aromatic heterocycles. The maximum absolute atomic E-state index is 11.7. The Morgan fingerprint density at radius 2 is 2.23 bits per heavy atom. The number of amides is 1. The Morgan fingerprint density at radius 3 is 2.85 bits per heavy atom. The van der Waals surface area contributed by atoms with E-state index in [0.717, 1.165) is 19.5 Å². The van der Waals surface area contributed by atoms with Gasteiger partial charge < -0.3 is 10.2 Å². The summed E-state index contributed by atoms with van der Waals surface area (Å²) in [6, 6.07) is 0.798. The number of piperazine rings is 1. The van der Waals surface area contributed by atoms with Crippen molar-refractivity contribution in [2.75, 3.05) is 13.1 Å². The zero-order valence-electron chi connectivity index (χ0n) is 8.84. The highest BCUT2D eigenvalue weighted by atomic mass is 16.2. The van der Waals surface area contributed by atoms with Crippen molar-refractivity contribution < 1.29 is 4.79 Å². The van der Waals surface area contributed by atoms with Crippen molar-refractivity contribution in [2.24, 2.45) is 0 Å². The molecule has 1 aliphatic rings. The number of hydrogen-bond donors (Lipinski definition) is 1. The standard InChI is InChI=1S/C10H20N2O/c1-4-5-10(13)12-7-8(2)11-6-9(12)3/h8-9,11H,4-7H2,1-3H3/t8-,9-/m0/s1. The summed E-state index contributed by atoms with van der Waals surface area (Å²) in [4.78, 5) is 13.7. The summed E-state index contributed by atoms with van der Waals surface area (Å²) in [5, 5.41) is 3.36. The molecule has 3 heteroatoms. The van der Waals surface area contributed by atoms with Gasteiger partial charge in [0.15, 0.2) is 0 Å². The van der Waals surface area contributed by atoms with E-state index in [0.29, 0.717) is 24.4 Å². The summed E-state index contributed by atoms with van der Waals surface area (Å²) < 4.78 is 0. The van der Waals surface area contributed by atoms with Crippen molar-refractivity contribution in [3.05, 3.63) is 0 Å². The van der Waals surface area contributed by atoms with Crippen molar-refractivity contribution >= 4 is 5.91 Å². The minimum absolute atomic E-state index is 0.309. The van der Waals surface area contributed by atoms with E-state index in [9.17, 15) is 4.79 Å². The molecule has 1 aliphatic heterocycles. The van der Waals surface area contributed by atoms with E-state index in [-0.39, 0.29) is 0 Å². The largest absolute Gasteiger partial charge is 0.337 e. The number of hydrogen-bond acceptors (Lipinski definition) is 2. The molecule has 0 saturated carbocycles. The molecule has 0 aliphatic carbocycles. The van der Waals surface area contributed by atoms with Gasteiger partial charge in [-0.2, -0.15) is 0 Å². The first-order chi connectivity index (χ1) is 6.15. The van der Waals surface area contributed by atoms with Gasteiger partial charge in [0, 0.05) is 31.6 Å². The van der Waals surface area contributed by atoms with Crippen LogP contribution in [0.2, 0.25) is 0 Å². The fraction of sp³-hybridized carbons (Fsp3) is 0.900. The summed E-state index contributed by atoms with van der Waals surface area (Å²) in [6.45, 7) is 8.06. The maximum Gasteiger partial charge on any atom is 0.222 e. The second kappa shape index (κ2) is 4.61. The minimum atomic E-state index is 0.309. The van der Waals surface area contributed by atoms with Crippen molar-refractivity contribution in [1.82, 2.24) is 10.2 Å². The number of carbonyl (C=O) groups excluding carboxylic acids is 1. The third-order valence-corrected chi connectivity index (χ3v) is 2.55. The Labute approximate surface area is 80.5 Å².